The molecule has 0 bridgehead atoms. The van der Waals surface area contributed by atoms with Crippen molar-refractivity contribution in [2.24, 2.45) is 0 Å². The van der Waals surface area contributed by atoms with Gasteiger partial charge < -0.3 is 19.9 Å². The quantitative estimate of drug-likeness (QED) is 0.507. The molecule has 9 heteroatoms. The molecule has 3 aromatic rings. The number of rotatable bonds is 6. The van der Waals surface area contributed by atoms with Crippen LogP contribution in [0, 0.1) is 0 Å². The lowest BCUT2D eigenvalue weighted by molar-refractivity contribution is 0.139. The maximum atomic E-state index is 12.4. The molecule has 2 unspecified atom stereocenters. The Kier molecular flexibility index (Phi) is 5.59. The van der Waals surface area contributed by atoms with E-state index >= 15 is 0 Å². The van der Waals surface area contributed by atoms with Crippen LogP contribution in [0.3, 0.4) is 0 Å². The van der Waals surface area contributed by atoms with Crippen molar-refractivity contribution in [3.63, 3.8) is 0 Å². The fraction of sp³-hybridized carbons (Fsp3) is 0.350. The summed E-state index contributed by atoms with van der Waals surface area (Å²) in [4.78, 5) is 16.7. The molecule has 0 saturated carbocycles. The first kappa shape index (κ1) is 19.2. The van der Waals surface area contributed by atoms with Crippen LogP contribution in [-0.4, -0.2) is 45.6 Å². The predicted octanol–water partition coefficient (Wildman–Crippen LogP) is 2.50. The second-order valence-electron chi connectivity index (χ2n) is 6.90. The number of nitrogens with one attached hydrogen (secondary N) is 3. The molecule has 1 saturated heterocycles. The van der Waals surface area contributed by atoms with Crippen molar-refractivity contribution >= 4 is 22.8 Å². The Morgan fingerprint density at radius 2 is 2.24 bits per heavy atom. The van der Waals surface area contributed by atoms with Crippen LogP contribution in [0.15, 0.2) is 36.4 Å². The molecule has 1 aliphatic heterocycles. The van der Waals surface area contributed by atoms with E-state index in [0.717, 1.165) is 12.0 Å². The third kappa shape index (κ3) is 4.30. The van der Waals surface area contributed by atoms with E-state index in [1.54, 1.807) is 6.07 Å². The van der Waals surface area contributed by atoms with E-state index in [-0.39, 0.29) is 18.8 Å². The zero-order valence-electron chi connectivity index (χ0n) is 16.0. The fourth-order valence-corrected chi connectivity index (χ4v) is 3.29. The summed E-state index contributed by atoms with van der Waals surface area (Å²) in [5.41, 5.74) is 1.98. The van der Waals surface area contributed by atoms with Crippen LogP contribution in [0.1, 0.15) is 30.6 Å². The minimum atomic E-state index is -0.392. The van der Waals surface area contributed by atoms with Crippen LogP contribution in [0.4, 0.5) is 10.6 Å². The molecule has 4 N–H and O–H groups in total. The summed E-state index contributed by atoms with van der Waals surface area (Å²) in [5.74, 6) is 0.680. The van der Waals surface area contributed by atoms with E-state index in [4.69, 9.17) is 9.47 Å². The highest BCUT2D eigenvalue weighted by Gasteiger charge is 2.22. The number of aliphatic hydroxyl groups excluding tert-OH is 1. The lowest BCUT2D eigenvalue weighted by Gasteiger charge is -2.15. The highest BCUT2D eigenvalue weighted by molar-refractivity contribution is 5.93. The molecule has 0 spiro atoms. The highest BCUT2D eigenvalue weighted by Crippen LogP contribution is 2.29. The minimum Gasteiger partial charge on any atom is -0.470 e. The highest BCUT2D eigenvalue weighted by atomic mass is 16.5. The van der Waals surface area contributed by atoms with Crippen LogP contribution < -0.4 is 15.4 Å². The molecule has 4 rings (SSSR count). The van der Waals surface area contributed by atoms with Crippen molar-refractivity contribution < 1.29 is 19.4 Å². The van der Waals surface area contributed by atoms with Gasteiger partial charge in [-0.1, -0.05) is 30.3 Å². The average Bonchev–Trinajstić information content (AvgIpc) is 3.38. The third-order valence-electron chi connectivity index (χ3n) is 4.79. The van der Waals surface area contributed by atoms with Gasteiger partial charge in [-0.3, -0.25) is 10.4 Å². The first-order valence-electron chi connectivity index (χ1n) is 9.49. The minimum absolute atomic E-state index is 0.0731. The van der Waals surface area contributed by atoms with Crippen LogP contribution >= 0.6 is 0 Å². The number of aromatic nitrogens is 3. The lowest BCUT2D eigenvalue weighted by atomic mass is 10.1. The monoisotopic (exact) mass is 397 g/mol. The average molecular weight is 397 g/mol. The molecule has 0 radical (unpaired) electrons. The Morgan fingerprint density at radius 3 is 2.97 bits per heavy atom. The van der Waals surface area contributed by atoms with Gasteiger partial charge in [-0.15, -0.1) is 5.10 Å². The number of H-pyrrole nitrogens is 1. The zero-order chi connectivity index (χ0) is 20.2. The van der Waals surface area contributed by atoms with Crippen molar-refractivity contribution in [2.45, 2.75) is 32.1 Å². The zero-order valence-corrected chi connectivity index (χ0v) is 16.0. The van der Waals surface area contributed by atoms with Gasteiger partial charge in [0.1, 0.15) is 11.9 Å². The molecule has 9 nitrogen and oxygen atoms in total. The summed E-state index contributed by atoms with van der Waals surface area (Å²) in [5, 5.41) is 23.0. The fourth-order valence-electron chi connectivity index (χ4n) is 3.29. The second kappa shape index (κ2) is 8.46. The summed E-state index contributed by atoms with van der Waals surface area (Å²) < 4.78 is 11.2. The summed E-state index contributed by atoms with van der Waals surface area (Å²) in [6.07, 6.45) is 0.714. The van der Waals surface area contributed by atoms with E-state index < -0.39 is 6.03 Å². The summed E-state index contributed by atoms with van der Waals surface area (Å²) >= 11 is 0. The number of benzene rings is 1. The van der Waals surface area contributed by atoms with E-state index in [0.29, 0.717) is 41.5 Å². The van der Waals surface area contributed by atoms with Crippen LogP contribution in [0.2, 0.25) is 0 Å². The molecule has 3 heterocycles. The molecule has 2 amide bonds. The number of fused-ring (bicyclic) bond motifs is 1. The number of aliphatic hydroxyl groups is 1. The van der Waals surface area contributed by atoms with Gasteiger partial charge in [0, 0.05) is 12.5 Å². The molecule has 1 aliphatic rings. The second-order valence-corrected chi connectivity index (χ2v) is 6.90. The molecule has 152 valence electrons. The van der Waals surface area contributed by atoms with Crippen molar-refractivity contribution in [3.8, 4) is 5.88 Å². The molecule has 2 aromatic heterocycles. The van der Waals surface area contributed by atoms with E-state index in [1.165, 1.54) is 0 Å². The molecule has 2 atom stereocenters. The van der Waals surface area contributed by atoms with E-state index in [2.05, 4.69) is 25.8 Å². The van der Waals surface area contributed by atoms with Crippen molar-refractivity contribution in [1.29, 1.82) is 0 Å². The number of hydrogen-bond acceptors (Lipinski definition) is 6. The Morgan fingerprint density at radius 1 is 1.41 bits per heavy atom. The molecule has 0 aliphatic carbocycles. The third-order valence-corrected chi connectivity index (χ3v) is 4.79. The number of carbonyl (C=O) groups is 1. The van der Waals surface area contributed by atoms with Crippen molar-refractivity contribution in [1.82, 2.24) is 20.5 Å². The normalized spacial score (nSPS) is 17.2. The van der Waals surface area contributed by atoms with E-state index in [9.17, 15) is 9.90 Å². The lowest BCUT2D eigenvalue weighted by Crippen LogP contribution is -2.31. The van der Waals surface area contributed by atoms with Gasteiger partial charge in [0.25, 0.3) is 0 Å². The number of urea groups is 1. The summed E-state index contributed by atoms with van der Waals surface area (Å²) in [6.45, 7) is 2.75. The first-order chi connectivity index (χ1) is 14.1. The van der Waals surface area contributed by atoms with E-state index in [1.807, 2.05) is 37.3 Å². The van der Waals surface area contributed by atoms with Crippen LogP contribution in [0.5, 0.6) is 5.88 Å². The Hall–Kier alpha value is -3.17. The van der Waals surface area contributed by atoms with Gasteiger partial charge in [0.05, 0.1) is 42.5 Å². The Bertz CT molecular complexity index is 985. The number of pyridine rings is 1. The van der Waals surface area contributed by atoms with Crippen LogP contribution in [0.25, 0.3) is 10.9 Å². The molecule has 1 aromatic carbocycles. The van der Waals surface area contributed by atoms with Gasteiger partial charge in [-0.05, 0) is 12.5 Å². The predicted molar refractivity (Wildman–Crippen MR) is 107 cm³/mol. The van der Waals surface area contributed by atoms with Crippen LogP contribution in [-0.2, 0) is 11.3 Å². The molecule has 29 heavy (non-hydrogen) atoms. The van der Waals surface area contributed by atoms with Crippen molar-refractivity contribution in [2.75, 3.05) is 18.5 Å². The van der Waals surface area contributed by atoms with Gasteiger partial charge in [-0.25, -0.2) is 9.78 Å². The van der Waals surface area contributed by atoms with Gasteiger partial charge in [-0.2, -0.15) is 0 Å². The molecular weight excluding hydrogens is 374 g/mol. The number of anilines is 1. The Balaban J connectivity index is 1.50. The number of nitrogens with zero attached hydrogens (tertiary/aromatic N) is 2. The SMILES string of the molecule is CC(NC(=O)Nc1cc2[nH]nc(OC3CCOC3)c2c(CO)n1)c1ccccc1. The number of aromatic amines is 1. The largest absolute Gasteiger partial charge is 0.470 e. The summed E-state index contributed by atoms with van der Waals surface area (Å²) in [7, 11) is 0. The first-order valence-corrected chi connectivity index (χ1v) is 9.49. The van der Waals surface area contributed by atoms with Gasteiger partial charge in [0.15, 0.2) is 0 Å². The smallest absolute Gasteiger partial charge is 0.320 e. The topological polar surface area (TPSA) is 121 Å². The Labute approximate surface area is 167 Å². The number of carbonyl (C=O) groups excluding carboxylic acids is 1. The number of amides is 2. The van der Waals surface area contributed by atoms with Gasteiger partial charge >= 0.3 is 6.03 Å². The molecular formula is C20H23N5O4. The van der Waals surface area contributed by atoms with Gasteiger partial charge in [0.2, 0.25) is 5.88 Å². The molecule has 1 fully saturated rings. The maximum absolute atomic E-state index is 12.4. The number of ether oxygens (including phenoxy) is 2. The summed E-state index contributed by atoms with van der Waals surface area (Å²) in [6, 6.07) is 10.8. The standard InChI is InChI=1S/C20H23N5O4/c1-12(13-5-3-2-4-6-13)21-20(27)23-17-9-15-18(16(10-26)22-17)19(25-24-15)29-14-7-8-28-11-14/h2-6,9,12,14,26H,7-8,10-11H2,1H3,(H,24,25)(H2,21,22,23,27). The van der Waals surface area contributed by atoms with Crippen molar-refractivity contribution in [3.05, 3.63) is 47.7 Å². The number of hydrogen-bond donors (Lipinski definition) is 4. The maximum Gasteiger partial charge on any atom is 0.320 e.